The van der Waals surface area contributed by atoms with E-state index in [1.165, 1.54) is 22.3 Å². The molecule has 0 radical (unpaired) electrons. The Balaban J connectivity index is 1.22. The van der Waals surface area contributed by atoms with Crippen molar-refractivity contribution in [2.45, 2.75) is 25.8 Å². The van der Waals surface area contributed by atoms with Crippen LogP contribution >= 0.6 is 0 Å². The molecule has 51 heavy (non-hydrogen) atoms. The number of hydrogen-bond acceptors (Lipinski definition) is 2. The average molecular weight is 657 g/mol. The van der Waals surface area contributed by atoms with Crippen LogP contribution in [0.15, 0.2) is 168 Å². The van der Waals surface area contributed by atoms with Crippen molar-refractivity contribution in [1.29, 1.82) is 5.26 Å². The molecule has 0 heterocycles. The summed E-state index contributed by atoms with van der Waals surface area (Å²) in [4.78, 5) is 10.2. The molecular weight excluding hydrogens is 621 g/mol. The van der Waals surface area contributed by atoms with Crippen molar-refractivity contribution in [1.82, 2.24) is 0 Å². The van der Waals surface area contributed by atoms with E-state index in [1.807, 2.05) is 60.7 Å². The standard InChI is InChI=1S/C47H36N4/c1-47(2)42-27-32(29-48)17-24-40(42)41-26-23-37(28-43(41)47)33-18-20-35(21-19-33)39-25-22-34-13-9-10-16-38(34)44(39)46(50-30-31-11-5-3-6-12-31)51-45(49)36-14-7-4-8-15-36/h3-28H,30H2,1-2H3,(H2,49,50,51). The first-order chi connectivity index (χ1) is 24.9. The van der Waals surface area contributed by atoms with Crippen LogP contribution < -0.4 is 5.73 Å². The molecule has 0 atom stereocenters. The topological polar surface area (TPSA) is 74.5 Å². The van der Waals surface area contributed by atoms with Crippen molar-refractivity contribution in [3.8, 4) is 39.4 Å². The SMILES string of the molecule is CC1(C)c2cc(C#N)ccc2-c2ccc(-c3ccc(-c4ccc5ccccc5c4C(/N=C(\N)c4ccccc4)=N/Cc4ccccc4)cc3)cc21. The summed E-state index contributed by atoms with van der Waals surface area (Å²) in [6.45, 7) is 4.97. The van der Waals surface area contributed by atoms with Gasteiger partial charge in [0.2, 0.25) is 0 Å². The molecule has 8 rings (SSSR count). The second kappa shape index (κ2) is 13.0. The lowest BCUT2D eigenvalue weighted by Gasteiger charge is -2.22. The summed E-state index contributed by atoms with van der Waals surface area (Å²) >= 11 is 0. The number of rotatable bonds is 6. The molecule has 7 aromatic carbocycles. The minimum atomic E-state index is -0.203. The van der Waals surface area contributed by atoms with E-state index in [-0.39, 0.29) is 5.41 Å². The molecule has 0 bridgehead atoms. The van der Waals surface area contributed by atoms with Crippen molar-refractivity contribution < 1.29 is 0 Å². The first-order valence-electron chi connectivity index (χ1n) is 17.2. The molecule has 4 nitrogen and oxygen atoms in total. The fraction of sp³-hybridized carbons (Fsp3) is 0.0851. The average Bonchev–Trinajstić information content (AvgIpc) is 3.41. The maximum atomic E-state index is 9.54. The van der Waals surface area contributed by atoms with Gasteiger partial charge in [0.15, 0.2) is 5.84 Å². The number of nitrogens with two attached hydrogens (primary N) is 1. The fourth-order valence-corrected chi connectivity index (χ4v) is 7.29. The number of nitriles is 1. The van der Waals surface area contributed by atoms with Gasteiger partial charge in [-0.15, -0.1) is 0 Å². The smallest absolute Gasteiger partial charge is 0.158 e. The van der Waals surface area contributed by atoms with E-state index in [9.17, 15) is 5.26 Å². The highest BCUT2D eigenvalue weighted by atomic mass is 15.0. The van der Waals surface area contributed by atoms with E-state index in [1.54, 1.807) is 0 Å². The summed E-state index contributed by atoms with van der Waals surface area (Å²) in [6, 6.07) is 56.7. The monoisotopic (exact) mass is 656 g/mol. The molecule has 1 aliphatic rings. The van der Waals surface area contributed by atoms with Crippen LogP contribution in [0.4, 0.5) is 0 Å². The lowest BCUT2D eigenvalue weighted by Crippen LogP contribution is -2.17. The van der Waals surface area contributed by atoms with Gasteiger partial charge in [0.1, 0.15) is 5.84 Å². The van der Waals surface area contributed by atoms with Crippen LogP contribution in [0, 0.1) is 11.3 Å². The van der Waals surface area contributed by atoms with Crippen LogP contribution in [0.1, 0.15) is 47.2 Å². The maximum Gasteiger partial charge on any atom is 0.158 e. The van der Waals surface area contributed by atoms with E-state index in [0.717, 1.165) is 49.7 Å². The maximum absolute atomic E-state index is 9.54. The number of amidine groups is 2. The summed E-state index contributed by atoms with van der Waals surface area (Å²) in [5.41, 5.74) is 19.4. The highest BCUT2D eigenvalue weighted by Gasteiger charge is 2.35. The van der Waals surface area contributed by atoms with Gasteiger partial charge in [-0.25, -0.2) is 4.99 Å². The normalized spacial score (nSPS) is 13.4. The molecule has 0 aliphatic heterocycles. The number of hydrogen-bond donors (Lipinski definition) is 1. The Morgan fingerprint density at radius 3 is 1.98 bits per heavy atom. The minimum Gasteiger partial charge on any atom is -0.383 e. The summed E-state index contributed by atoms with van der Waals surface area (Å²) in [5.74, 6) is 1.01. The van der Waals surface area contributed by atoms with Gasteiger partial charge >= 0.3 is 0 Å². The van der Waals surface area contributed by atoms with Gasteiger partial charge in [-0.1, -0.05) is 153 Å². The second-order valence-electron chi connectivity index (χ2n) is 13.5. The predicted molar refractivity (Wildman–Crippen MR) is 211 cm³/mol. The lowest BCUT2D eigenvalue weighted by molar-refractivity contribution is 0.660. The number of nitrogens with zero attached hydrogens (tertiary/aromatic N) is 3. The summed E-state index contributed by atoms with van der Waals surface area (Å²) in [7, 11) is 0. The molecule has 0 aromatic heterocycles. The van der Waals surface area contributed by atoms with Crippen molar-refractivity contribution in [3.63, 3.8) is 0 Å². The summed E-state index contributed by atoms with van der Waals surface area (Å²) < 4.78 is 0. The van der Waals surface area contributed by atoms with Crippen LogP contribution in [-0.2, 0) is 12.0 Å². The van der Waals surface area contributed by atoms with E-state index >= 15 is 0 Å². The zero-order valence-electron chi connectivity index (χ0n) is 28.6. The molecule has 1 aliphatic carbocycles. The van der Waals surface area contributed by atoms with Gasteiger partial charge in [-0.3, -0.25) is 4.99 Å². The number of aliphatic imine (C=N–C) groups is 2. The fourth-order valence-electron chi connectivity index (χ4n) is 7.29. The third kappa shape index (κ3) is 5.90. The zero-order chi connectivity index (χ0) is 35.0. The molecule has 4 heteroatoms. The van der Waals surface area contributed by atoms with Gasteiger partial charge in [-0.2, -0.15) is 5.26 Å². The summed E-state index contributed by atoms with van der Waals surface area (Å²) in [5, 5.41) is 11.7. The van der Waals surface area contributed by atoms with Crippen LogP contribution in [0.3, 0.4) is 0 Å². The molecule has 244 valence electrons. The van der Waals surface area contributed by atoms with Crippen molar-refractivity contribution in [2.24, 2.45) is 15.7 Å². The Kier molecular flexibility index (Phi) is 8.10. The molecule has 2 N–H and O–H groups in total. The zero-order valence-corrected chi connectivity index (χ0v) is 28.6. The molecule has 0 unspecified atom stereocenters. The van der Waals surface area contributed by atoms with Crippen LogP contribution in [-0.4, -0.2) is 11.7 Å². The molecule has 0 spiro atoms. The van der Waals surface area contributed by atoms with E-state index in [4.69, 9.17) is 15.7 Å². The van der Waals surface area contributed by atoms with Crippen LogP contribution in [0.2, 0.25) is 0 Å². The van der Waals surface area contributed by atoms with Gasteiger partial charge in [-0.05, 0) is 79.0 Å². The third-order valence-corrected chi connectivity index (χ3v) is 10.0. The molecule has 0 fully saturated rings. The van der Waals surface area contributed by atoms with Gasteiger partial charge < -0.3 is 5.73 Å². The third-order valence-electron chi connectivity index (χ3n) is 10.0. The van der Waals surface area contributed by atoms with E-state index < -0.39 is 0 Å². The molecule has 7 aromatic rings. The Morgan fingerprint density at radius 1 is 0.627 bits per heavy atom. The molecule has 0 amide bonds. The molecule has 0 saturated heterocycles. The molecule has 0 saturated carbocycles. The van der Waals surface area contributed by atoms with Crippen LogP contribution in [0.25, 0.3) is 44.2 Å². The Bertz CT molecular complexity index is 2520. The van der Waals surface area contributed by atoms with Gasteiger partial charge in [0.25, 0.3) is 0 Å². The van der Waals surface area contributed by atoms with Crippen molar-refractivity contribution in [2.75, 3.05) is 0 Å². The van der Waals surface area contributed by atoms with Gasteiger partial charge in [0, 0.05) is 16.5 Å². The largest absolute Gasteiger partial charge is 0.383 e. The highest BCUT2D eigenvalue weighted by Crippen LogP contribution is 2.50. The summed E-state index contributed by atoms with van der Waals surface area (Å²) in [6.07, 6.45) is 0. The first-order valence-corrected chi connectivity index (χ1v) is 17.2. The second-order valence-corrected chi connectivity index (χ2v) is 13.5. The Labute approximate surface area is 298 Å². The lowest BCUT2D eigenvalue weighted by atomic mass is 9.81. The minimum absolute atomic E-state index is 0.203. The van der Waals surface area contributed by atoms with Gasteiger partial charge in [0.05, 0.1) is 18.2 Å². The highest BCUT2D eigenvalue weighted by molar-refractivity contribution is 6.19. The van der Waals surface area contributed by atoms with E-state index in [2.05, 4.69) is 117 Å². The first kappa shape index (κ1) is 31.7. The van der Waals surface area contributed by atoms with Crippen LogP contribution in [0.5, 0.6) is 0 Å². The number of benzene rings is 7. The number of fused-ring (bicyclic) bond motifs is 4. The Morgan fingerprint density at radius 2 is 1.24 bits per heavy atom. The van der Waals surface area contributed by atoms with E-state index in [0.29, 0.717) is 23.8 Å². The van der Waals surface area contributed by atoms with Crippen molar-refractivity contribution in [3.05, 3.63) is 191 Å². The Hall–Kier alpha value is -6.57. The van der Waals surface area contributed by atoms with Crippen molar-refractivity contribution >= 4 is 22.4 Å². The predicted octanol–water partition coefficient (Wildman–Crippen LogP) is 10.7. The molecular formula is C47H36N4. The quantitative estimate of drug-likeness (QED) is 0.143.